The summed E-state index contributed by atoms with van der Waals surface area (Å²) in [5.74, 6) is 0. The molecule has 0 spiro atoms. The Balaban J connectivity index is 1.03. The molecular formula is C56H35NOS. The van der Waals surface area contributed by atoms with Crippen molar-refractivity contribution in [2.75, 3.05) is 4.90 Å². The van der Waals surface area contributed by atoms with Crippen molar-refractivity contribution in [3.05, 3.63) is 212 Å². The number of fused-ring (bicyclic) bond motifs is 9. The Kier molecular flexibility index (Phi) is 7.75. The number of furan rings is 1. The molecule has 0 atom stereocenters. The summed E-state index contributed by atoms with van der Waals surface area (Å²) in [6.07, 6.45) is 0. The highest BCUT2D eigenvalue weighted by molar-refractivity contribution is 7.25. The summed E-state index contributed by atoms with van der Waals surface area (Å²) in [4.78, 5) is 2.41. The van der Waals surface area contributed by atoms with Gasteiger partial charge in [0.25, 0.3) is 0 Å². The molecule has 59 heavy (non-hydrogen) atoms. The standard InChI is InChI=1S/C56H35NOS/c1-2-11-37(12-3-1)44-18-8-13-39-14-9-19-45(54(39)44)38-25-31-43(32-26-38)57(49-20-10-15-40-27-33-51-56(55(40)49)47-17-4-6-21-50(47)58-51)42-29-23-36(24-30-42)41-28-34-53-48(35-41)46-16-5-7-22-52(46)59-53/h1-35H. The van der Waals surface area contributed by atoms with E-state index in [0.717, 1.165) is 39.0 Å². The van der Waals surface area contributed by atoms with Crippen LogP contribution in [0.3, 0.4) is 0 Å². The third-order valence-corrected chi connectivity index (χ3v) is 13.0. The van der Waals surface area contributed by atoms with Crippen LogP contribution in [0.15, 0.2) is 217 Å². The maximum atomic E-state index is 6.45. The lowest BCUT2D eigenvalue weighted by Crippen LogP contribution is -2.10. The van der Waals surface area contributed by atoms with Crippen molar-refractivity contribution >= 4 is 92.1 Å². The summed E-state index contributed by atoms with van der Waals surface area (Å²) in [6, 6.07) is 77.0. The largest absolute Gasteiger partial charge is 0.456 e. The van der Waals surface area contributed by atoms with Gasteiger partial charge in [-0.25, -0.2) is 0 Å². The fraction of sp³-hybridized carbons (Fsp3) is 0. The van der Waals surface area contributed by atoms with E-state index >= 15 is 0 Å². The summed E-state index contributed by atoms with van der Waals surface area (Å²) < 4.78 is 9.08. The zero-order chi connectivity index (χ0) is 38.9. The van der Waals surface area contributed by atoms with Crippen LogP contribution in [-0.4, -0.2) is 0 Å². The molecule has 0 N–H and O–H groups in total. The van der Waals surface area contributed by atoms with Crippen molar-refractivity contribution in [3.63, 3.8) is 0 Å². The molecule has 0 saturated carbocycles. The van der Waals surface area contributed by atoms with Gasteiger partial charge in [0.2, 0.25) is 0 Å². The van der Waals surface area contributed by atoms with Crippen LogP contribution in [0.5, 0.6) is 0 Å². The number of hydrogen-bond donors (Lipinski definition) is 0. The Morgan fingerprint density at radius 3 is 1.69 bits per heavy atom. The van der Waals surface area contributed by atoms with Crippen LogP contribution >= 0.6 is 11.3 Å². The lowest BCUT2D eigenvalue weighted by molar-refractivity contribution is 0.669. The van der Waals surface area contributed by atoms with Crippen LogP contribution in [0.2, 0.25) is 0 Å². The van der Waals surface area contributed by atoms with Crippen molar-refractivity contribution in [2.45, 2.75) is 0 Å². The van der Waals surface area contributed by atoms with E-state index in [0.29, 0.717) is 0 Å². The number of thiophene rings is 1. The van der Waals surface area contributed by atoms with Gasteiger partial charge >= 0.3 is 0 Å². The first-order chi connectivity index (χ1) is 29.2. The number of benzene rings is 10. The van der Waals surface area contributed by atoms with E-state index in [1.807, 2.05) is 17.4 Å². The highest BCUT2D eigenvalue weighted by Gasteiger charge is 2.21. The van der Waals surface area contributed by atoms with E-state index in [9.17, 15) is 0 Å². The van der Waals surface area contributed by atoms with Gasteiger partial charge in [-0.1, -0.05) is 152 Å². The van der Waals surface area contributed by atoms with Gasteiger partial charge in [-0.2, -0.15) is 0 Å². The van der Waals surface area contributed by atoms with Crippen molar-refractivity contribution < 1.29 is 4.42 Å². The first kappa shape index (κ1) is 33.7. The minimum Gasteiger partial charge on any atom is -0.456 e. The molecule has 0 bridgehead atoms. The number of nitrogens with zero attached hydrogens (tertiary/aromatic N) is 1. The second-order valence-electron chi connectivity index (χ2n) is 15.2. The molecule has 2 nitrogen and oxygen atoms in total. The zero-order valence-corrected chi connectivity index (χ0v) is 32.8. The normalized spacial score (nSPS) is 11.7. The quantitative estimate of drug-likeness (QED) is 0.167. The van der Waals surface area contributed by atoms with Crippen LogP contribution in [0, 0.1) is 0 Å². The Morgan fingerprint density at radius 1 is 0.339 bits per heavy atom. The molecule has 0 radical (unpaired) electrons. The number of hydrogen-bond acceptors (Lipinski definition) is 3. The molecule has 12 aromatic rings. The van der Waals surface area contributed by atoms with Crippen molar-refractivity contribution in [2.24, 2.45) is 0 Å². The van der Waals surface area contributed by atoms with Gasteiger partial charge in [-0.15, -0.1) is 11.3 Å². The van der Waals surface area contributed by atoms with Crippen LogP contribution in [0.1, 0.15) is 0 Å². The third kappa shape index (κ3) is 5.55. The molecule has 276 valence electrons. The van der Waals surface area contributed by atoms with E-state index < -0.39 is 0 Å². The molecule has 0 aliphatic rings. The van der Waals surface area contributed by atoms with Crippen LogP contribution < -0.4 is 4.90 Å². The monoisotopic (exact) mass is 769 g/mol. The molecular weight excluding hydrogens is 735 g/mol. The van der Waals surface area contributed by atoms with Crippen LogP contribution in [0.25, 0.3) is 97.0 Å². The van der Waals surface area contributed by atoms with Crippen molar-refractivity contribution in [3.8, 4) is 33.4 Å². The fourth-order valence-electron chi connectivity index (χ4n) is 9.13. The molecule has 0 amide bonds. The fourth-order valence-corrected chi connectivity index (χ4v) is 10.2. The SMILES string of the molecule is c1ccc(-c2cccc3cccc(-c4ccc(N(c5ccc(-c6ccc7sc8ccccc8c7c6)cc5)c5cccc6ccc7oc8ccccc8c7c56)cc4)c23)cc1. The molecule has 0 fully saturated rings. The van der Waals surface area contributed by atoms with Gasteiger partial charge in [0, 0.05) is 47.7 Å². The maximum absolute atomic E-state index is 6.45. The minimum atomic E-state index is 0.887. The van der Waals surface area contributed by atoms with Crippen molar-refractivity contribution in [1.29, 1.82) is 0 Å². The predicted octanol–water partition coefficient (Wildman–Crippen LogP) is 16.7. The predicted molar refractivity (Wildman–Crippen MR) is 253 cm³/mol. The van der Waals surface area contributed by atoms with E-state index in [1.54, 1.807) is 0 Å². The number of para-hydroxylation sites is 1. The smallest absolute Gasteiger partial charge is 0.136 e. The Bertz CT molecular complexity index is 3540. The highest BCUT2D eigenvalue weighted by Crippen LogP contribution is 2.46. The molecule has 2 heterocycles. The number of anilines is 3. The highest BCUT2D eigenvalue weighted by atomic mass is 32.1. The molecule has 0 saturated heterocycles. The van der Waals surface area contributed by atoms with Gasteiger partial charge in [-0.05, 0) is 110 Å². The minimum absolute atomic E-state index is 0.887. The van der Waals surface area contributed by atoms with E-state index in [2.05, 4.69) is 211 Å². The Labute approximate surface area is 345 Å². The summed E-state index contributed by atoms with van der Waals surface area (Å²) in [5.41, 5.74) is 12.3. The molecule has 10 aromatic carbocycles. The first-order valence-corrected chi connectivity index (χ1v) is 20.9. The summed E-state index contributed by atoms with van der Waals surface area (Å²) in [7, 11) is 0. The van der Waals surface area contributed by atoms with Gasteiger partial charge < -0.3 is 9.32 Å². The second-order valence-corrected chi connectivity index (χ2v) is 16.3. The van der Waals surface area contributed by atoms with Crippen LogP contribution in [0.4, 0.5) is 17.1 Å². The summed E-state index contributed by atoms with van der Waals surface area (Å²) >= 11 is 1.86. The first-order valence-electron chi connectivity index (χ1n) is 20.1. The summed E-state index contributed by atoms with van der Waals surface area (Å²) in [5, 5.41) is 9.70. The van der Waals surface area contributed by atoms with Gasteiger partial charge in [-0.3, -0.25) is 0 Å². The van der Waals surface area contributed by atoms with Crippen molar-refractivity contribution in [1.82, 2.24) is 0 Å². The molecule has 0 unspecified atom stereocenters. The van der Waals surface area contributed by atoms with Gasteiger partial charge in [0.15, 0.2) is 0 Å². The third-order valence-electron chi connectivity index (χ3n) is 11.9. The molecule has 0 aliphatic heterocycles. The second kappa shape index (κ2) is 13.6. The molecule has 0 aliphatic carbocycles. The summed E-state index contributed by atoms with van der Waals surface area (Å²) in [6.45, 7) is 0. The topological polar surface area (TPSA) is 16.4 Å². The molecule has 12 rings (SSSR count). The van der Waals surface area contributed by atoms with E-state index in [1.165, 1.54) is 75.1 Å². The number of rotatable bonds is 6. The van der Waals surface area contributed by atoms with E-state index in [-0.39, 0.29) is 0 Å². The zero-order valence-electron chi connectivity index (χ0n) is 32.0. The average molecular weight is 770 g/mol. The maximum Gasteiger partial charge on any atom is 0.136 e. The van der Waals surface area contributed by atoms with Gasteiger partial charge in [0.05, 0.1) is 5.69 Å². The molecule has 3 heteroatoms. The Morgan fingerprint density at radius 2 is 0.932 bits per heavy atom. The lowest BCUT2D eigenvalue weighted by atomic mass is 9.91. The Hall–Kier alpha value is -7.46. The lowest BCUT2D eigenvalue weighted by Gasteiger charge is -2.27. The van der Waals surface area contributed by atoms with Crippen LogP contribution in [-0.2, 0) is 0 Å². The molecule has 2 aromatic heterocycles. The average Bonchev–Trinajstić information content (AvgIpc) is 3.88. The van der Waals surface area contributed by atoms with E-state index in [4.69, 9.17) is 4.42 Å². The van der Waals surface area contributed by atoms with Gasteiger partial charge in [0.1, 0.15) is 11.2 Å².